The summed E-state index contributed by atoms with van der Waals surface area (Å²) >= 11 is 0. The summed E-state index contributed by atoms with van der Waals surface area (Å²) in [6.07, 6.45) is 17.4. The molecule has 0 atom stereocenters. The molecule has 0 aliphatic carbocycles. The van der Waals surface area contributed by atoms with E-state index < -0.39 is 0 Å². The van der Waals surface area contributed by atoms with Gasteiger partial charge in [0.1, 0.15) is 0 Å². The minimum Gasteiger partial charge on any atom is -0.0651 e. The standard InChI is InChI=1S/2C9H20.C8H18.C6H14/c2*1-5-9(6-2,7-3)8-4;1-5-8(4,6-2)7-3;1-4-6(3)5-2/h2*5-8H2,1-4H3;5-7H2,1-4H3;6H,4-5H2,1-3H3. The van der Waals surface area contributed by atoms with Crippen LogP contribution < -0.4 is 0 Å². The van der Waals surface area contributed by atoms with Gasteiger partial charge in [-0.25, -0.2) is 0 Å². The van der Waals surface area contributed by atoms with Crippen molar-refractivity contribution in [2.75, 3.05) is 0 Å². The number of hydrogen-bond donors (Lipinski definition) is 0. The first-order chi connectivity index (χ1) is 15.0. The van der Waals surface area contributed by atoms with E-state index in [4.69, 9.17) is 0 Å². The lowest BCUT2D eigenvalue weighted by Gasteiger charge is -2.28. The third kappa shape index (κ3) is 18.4. The van der Waals surface area contributed by atoms with Gasteiger partial charge in [-0.2, -0.15) is 0 Å². The first-order valence-electron chi connectivity index (χ1n) is 15.0. The molecule has 0 aromatic rings. The Morgan fingerprint density at radius 2 is 0.562 bits per heavy atom. The van der Waals surface area contributed by atoms with Crippen molar-refractivity contribution in [3.05, 3.63) is 0 Å². The fourth-order valence-corrected chi connectivity index (χ4v) is 4.04. The molecule has 0 bridgehead atoms. The summed E-state index contributed by atoms with van der Waals surface area (Å²) in [4.78, 5) is 0. The van der Waals surface area contributed by atoms with E-state index in [2.05, 4.69) is 104 Å². The Labute approximate surface area is 209 Å². The molecule has 0 fully saturated rings. The molecule has 0 aliphatic rings. The largest absolute Gasteiger partial charge is 0.0651 e. The molecule has 0 spiro atoms. The molecule has 200 valence electrons. The molecule has 0 N–H and O–H groups in total. The van der Waals surface area contributed by atoms with Gasteiger partial charge in [0, 0.05) is 0 Å². The highest BCUT2D eigenvalue weighted by molar-refractivity contribution is 4.72. The number of hydrogen-bond acceptors (Lipinski definition) is 0. The maximum absolute atomic E-state index is 2.35. The summed E-state index contributed by atoms with van der Waals surface area (Å²) in [5.41, 5.74) is 1.96. The zero-order chi connectivity index (χ0) is 26.3. The fraction of sp³-hybridized carbons (Fsp3) is 1.00. The normalized spacial score (nSPS) is 11.6. The van der Waals surface area contributed by atoms with Gasteiger partial charge >= 0.3 is 0 Å². The van der Waals surface area contributed by atoms with Gasteiger partial charge in [-0.05, 0) is 22.2 Å². The highest BCUT2D eigenvalue weighted by atomic mass is 14.3. The monoisotopic (exact) mass is 457 g/mol. The molecule has 0 aromatic heterocycles. The van der Waals surface area contributed by atoms with Crippen LogP contribution in [0, 0.1) is 22.2 Å². The second-order valence-corrected chi connectivity index (χ2v) is 10.6. The Balaban J connectivity index is -0.000000165. The smallest absolute Gasteiger partial charge is 0.0308 e. The Morgan fingerprint density at radius 3 is 0.562 bits per heavy atom. The molecule has 0 amide bonds. The van der Waals surface area contributed by atoms with Crippen LogP contribution in [0.4, 0.5) is 0 Å². The van der Waals surface area contributed by atoms with E-state index in [1.54, 1.807) is 0 Å². The lowest BCUT2D eigenvalue weighted by Crippen LogP contribution is -2.15. The summed E-state index contributed by atoms with van der Waals surface area (Å²) in [6, 6.07) is 0. The maximum atomic E-state index is 2.35. The van der Waals surface area contributed by atoms with E-state index in [0.717, 1.165) is 5.92 Å². The Morgan fingerprint density at radius 1 is 0.375 bits per heavy atom. The molecule has 0 radical (unpaired) electrons. The fourth-order valence-electron chi connectivity index (χ4n) is 4.04. The van der Waals surface area contributed by atoms with Gasteiger partial charge in [-0.3, -0.25) is 0 Å². The molecular formula is C32H72. The molecule has 0 saturated heterocycles. The quantitative estimate of drug-likeness (QED) is 0.258. The second kappa shape index (κ2) is 24.1. The minimum absolute atomic E-state index is 0.625. The third-order valence-electron chi connectivity index (χ3n) is 9.95. The topological polar surface area (TPSA) is 0 Å². The van der Waals surface area contributed by atoms with Crippen LogP contribution in [-0.2, 0) is 0 Å². The van der Waals surface area contributed by atoms with Gasteiger partial charge in [0.15, 0.2) is 0 Å². The van der Waals surface area contributed by atoms with Crippen LogP contribution in [0.25, 0.3) is 0 Å². The van der Waals surface area contributed by atoms with Crippen LogP contribution in [0.1, 0.15) is 187 Å². The molecule has 0 nitrogen and oxygen atoms in total. The van der Waals surface area contributed by atoms with Crippen molar-refractivity contribution in [2.45, 2.75) is 187 Å². The van der Waals surface area contributed by atoms with Gasteiger partial charge < -0.3 is 0 Å². The van der Waals surface area contributed by atoms with Crippen molar-refractivity contribution in [1.82, 2.24) is 0 Å². The van der Waals surface area contributed by atoms with Crippen molar-refractivity contribution in [3.8, 4) is 0 Å². The van der Waals surface area contributed by atoms with Crippen LogP contribution in [0.5, 0.6) is 0 Å². The highest BCUT2D eigenvalue weighted by Crippen LogP contribution is 2.34. The second-order valence-electron chi connectivity index (χ2n) is 10.6. The molecule has 0 aliphatic heterocycles. The lowest BCUT2D eigenvalue weighted by molar-refractivity contribution is 0.240. The molecule has 0 heteroatoms. The highest BCUT2D eigenvalue weighted by Gasteiger charge is 2.21. The van der Waals surface area contributed by atoms with Crippen LogP contribution in [0.2, 0.25) is 0 Å². The van der Waals surface area contributed by atoms with Crippen molar-refractivity contribution in [2.24, 2.45) is 22.2 Å². The lowest BCUT2D eigenvalue weighted by atomic mass is 9.78. The molecule has 0 aromatic carbocycles. The predicted molar refractivity (Wildman–Crippen MR) is 156 cm³/mol. The van der Waals surface area contributed by atoms with Gasteiger partial charge in [0.25, 0.3) is 0 Å². The minimum atomic E-state index is 0.625. The van der Waals surface area contributed by atoms with E-state index in [1.165, 1.54) is 83.5 Å². The molecule has 0 rings (SSSR count). The van der Waals surface area contributed by atoms with Gasteiger partial charge in [0.2, 0.25) is 0 Å². The van der Waals surface area contributed by atoms with E-state index in [9.17, 15) is 0 Å². The SMILES string of the molecule is CCC(C)(CC)CC.CCC(C)CC.CCC(CC)(CC)CC.CCC(CC)(CC)CC. The average Bonchev–Trinajstić information content (AvgIpc) is 2.87. The third-order valence-corrected chi connectivity index (χ3v) is 9.95. The summed E-state index contributed by atoms with van der Waals surface area (Å²) in [6.45, 7) is 34.3. The van der Waals surface area contributed by atoms with Gasteiger partial charge in [0.05, 0.1) is 0 Å². The summed E-state index contributed by atoms with van der Waals surface area (Å²) in [7, 11) is 0. The van der Waals surface area contributed by atoms with E-state index in [0.29, 0.717) is 16.2 Å². The van der Waals surface area contributed by atoms with Crippen molar-refractivity contribution < 1.29 is 0 Å². The van der Waals surface area contributed by atoms with E-state index >= 15 is 0 Å². The van der Waals surface area contributed by atoms with Crippen LogP contribution >= 0.6 is 0 Å². The van der Waals surface area contributed by atoms with Gasteiger partial charge in [-0.1, -0.05) is 187 Å². The zero-order valence-corrected chi connectivity index (χ0v) is 26.3. The van der Waals surface area contributed by atoms with Crippen molar-refractivity contribution >= 4 is 0 Å². The summed E-state index contributed by atoms with van der Waals surface area (Å²) in [5.74, 6) is 0.935. The average molecular weight is 457 g/mol. The van der Waals surface area contributed by atoms with Crippen molar-refractivity contribution in [1.29, 1.82) is 0 Å². The van der Waals surface area contributed by atoms with Crippen LogP contribution in [-0.4, -0.2) is 0 Å². The van der Waals surface area contributed by atoms with Gasteiger partial charge in [-0.15, -0.1) is 0 Å². The first-order valence-corrected chi connectivity index (χ1v) is 15.0. The predicted octanol–water partition coefficient (Wildman–Crippen LogP) is 12.9. The molecule has 0 saturated carbocycles. The molecule has 0 heterocycles. The molecular weight excluding hydrogens is 384 g/mol. The van der Waals surface area contributed by atoms with Crippen molar-refractivity contribution in [3.63, 3.8) is 0 Å². The Bertz CT molecular complexity index is 261. The van der Waals surface area contributed by atoms with Crippen LogP contribution in [0.15, 0.2) is 0 Å². The Kier molecular flexibility index (Phi) is 29.6. The summed E-state index contributed by atoms with van der Waals surface area (Å²) in [5, 5.41) is 0. The van der Waals surface area contributed by atoms with Crippen LogP contribution in [0.3, 0.4) is 0 Å². The first kappa shape index (κ1) is 39.2. The van der Waals surface area contributed by atoms with E-state index in [-0.39, 0.29) is 0 Å². The molecule has 0 unspecified atom stereocenters. The van der Waals surface area contributed by atoms with E-state index in [1.807, 2.05) is 0 Å². The molecule has 32 heavy (non-hydrogen) atoms. The Hall–Kier alpha value is 0. The maximum Gasteiger partial charge on any atom is -0.0308 e. The number of rotatable bonds is 13. The summed E-state index contributed by atoms with van der Waals surface area (Å²) < 4.78 is 0. The zero-order valence-electron chi connectivity index (χ0n) is 26.3.